The molecule has 2 aromatic rings. The van der Waals surface area contributed by atoms with Crippen LogP contribution >= 0.6 is 11.3 Å². The molecule has 32 heavy (non-hydrogen) atoms. The summed E-state index contributed by atoms with van der Waals surface area (Å²) in [6, 6.07) is 1.89. The highest BCUT2D eigenvalue weighted by Gasteiger charge is 2.36. The number of carbonyl (C=O) groups excluding carboxylic acids is 1. The summed E-state index contributed by atoms with van der Waals surface area (Å²) in [7, 11) is -1.24. The van der Waals surface area contributed by atoms with Gasteiger partial charge in [0.05, 0.1) is 12.7 Å². The second-order valence-electron chi connectivity index (χ2n) is 8.17. The second-order valence-corrected chi connectivity index (χ2v) is 11.5. The van der Waals surface area contributed by atoms with Gasteiger partial charge in [0.2, 0.25) is 0 Å². The lowest BCUT2D eigenvalue weighted by Gasteiger charge is -2.27. The van der Waals surface area contributed by atoms with E-state index >= 15 is 0 Å². The molecule has 0 saturated carbocycles. The van der Waals surface area contributed by atoms with Gasteiger partial charge in [-0.1, -0.05) is 13.8 Å². The predicted molar refractivity (Wildman–Crippen MR) is 114 cm³/mol. The van der Waals surface area contributed by atoms with Crippen LogP contribution in [0.3, 0.4) is 0 Å². The fraction of sp³-hybridized carbons (Fsp3) is 0.476. The zero-order chi connectivity index (χ0) is 23.8. The standard InChI is InChI=1S/C21H25F3N2O4S2/c1-12(2)9-25(3)32(28,29)21-18(20(27)30-4)14-5-6-26(11-17(14)31-21)10-13-7-15(22)19(24)16(23)8-13/h7-8,12H,5-6,9-11H2,1-4H3. The first-order valence-corrected chi connectivity index (χ1v) is 12.3. The van der Waals surface area contributed by atoms with Crippen LogP contribution in [0.2, 0.25) is 0 Å². The van der Waals surface area contributed by atoms with Gasteiger partial charge in [0.15, 0.2) is 17.5 Å². The molecule has 0 bridgehead atoms. The Kier molecular flexibility index (Phi) is 7.33. The van der Waals surface area contributed by atoms with Crippen molar-refractivity contribution in [2.45, 2.75) is 37.6 Å². The van der Waals surface area contributed by atoms with E-state index in [0.29, 0.717) is 30.0 Å². The maximum absolute atomic E-state index is 13.6. The molecular weight excluding hydrogens is 465 g/mol. The molecule has 1 aliphatic heterocycles. The molecule has 0 radical (unpaired) electrons. The number of thiophene rings is 1. The molecule has 0 N–H and O–H groups in total. The highest BCUT2D eigenvalue weighted by Crippen LogP contribution is 2.38. The molecule has 3 rings (SSSR count). The maximum Gasteiger partial charge on any atom is 0.340 e. The van der Waals surface area contributed by atoms with Crippen molar-refractivity contribution in [1.82, 2.24) is 9.21 Å². The average molecular weight is 491 g/mol. The molecule has 1 aromatic carbocycles. The van der Waals surface area contributed by atoms with E-state index in [1.54, 1.807) is 0 Å². The van der Waals surface area contributed by atoms with Gasteiger partial charge in [-0.15, -0.1) is 11.3 Å². The van der Waals surface area contributed by atoms with E-state index in [2.05, 4.69) is 0 Å². The van der Waals surface area contributed by atoms with Crippen LogP contribution in [-0.2, 0) is 34.3 Å². The smallest absolute Gasteiger partial charge is 0.340 e. The first kappa shape index (κ1) is 24.7. The highest BCUT2D eigenvalue weighted by molar-refractivity contribution is 7.91. The van der Waals surface area contributed by atoms with Gasteiger partial charge in [-0.05, 0) is 35.6 Å². The molecule has 0 amide bonds. The minimum atomic E-state index is -3.91. The normalized spacial score (nSPS) is 14.8. The van der Waals surface area contributed by atoms with Crippen molar-refractivity contribution < 1.29 is 31.1 Å². The molecule has 176 valence electrons. The van der Waals surface area contributed by atoms with Crippen LogP contribution in [0.15, 0.2) is 16.3 Å². The Morgan fingerprint density at radius 2 is 1.88 bits per heavy atom. The van der Waals surface area contributed by atoms with Crippen LogP contribution in [0.25, 0.3) is 0 Å². The topological polar surface area (TPSA) is 66.9 Å². The molecule has 0 atom stereocenters. The minimum absolute atomic E-state index is 0.0571. The van der Waals surface area contributed by atoms with Crippen molar-refractivity contribution in [1.29, 1.82) is 0 Å². The Balaban J connectivity index is 1.94. The fourth-order valence-electron chi connectivity index (χ4n) is 3.77. The number of fused-ring (bicyclic) bond motifs is 1. The largest absolute Gasteiger partial charge is 0.465 e. The van der Waals surface area contributed by atoms with E-state index in [1.165, 1.54) is 18.5 Å². The van der Waals surface area contributed by atoms with Crippen LogP contribution in [0.1, 0.15) is 40.2 Å². The molecule has 0 spiro atoms. The number of hydrogen-bond donors (Lipinski definition) is 0. The van der Waals surface area contributed by atoms with Gasteiger partial charge < -0.3 is 4.74 Å². The van der Waals surface area contributed by atoms with Crippen LogP contribution in [0.4, 0.5) is 13.2 Å². The zero-order valence-corrected chi connectivity index (χ0v) is 19.9. The molecule has 0 aliphatic carbocycles. The lowest BCUT2D eigenvalue weighted by Crippen LogP contribution is -2.31. The summed E-state index contributed by atoms with van der Waals surface area (Å²) < 4.78 is 72.8. The van der Waals surface area contributed by atoms with Gasteiger partial charge in [0.1, 0.15) is 4.21 Å². The van der Waals surface area contributed by atoms with Crippen molar-refractivity contribution >= 4 is 27.3 Å². The van der Waals surface area contributed by atoms with Gasteiger partial charge in [-0.2, -0.15) is 4.31 Å². The predicted octanol–water partition coefficient (Wildman–Crippen LogP) is 3.79. The summed E-state index contributed by atoms with van der Waals surface area (Å²) in [5.41, 5.74) is 0.937. The molecule has 0 fully saturated rings. The van der Waals surface area contributed by atoms with Gasteiger partial charge in [-0.25, -0.2) is 26.4 Å². The lowest BCUT2D eigenvalue weighted by atomic mass is 10.0. The van der Waals surface area contributed by atoms with Crippen molar-refractivity contribution in [3.05, 3.63) is 51.2 Å². The van der Waals surface area contributed by atoms with Crippen LogP contribution in [0.5, 0.6) is 0 Å². The van der Waals surface area contributed by atoms with Crippen molar-refractivity contribution in [3.8, 4) is 0 Å². The Labute approximate surface area is 189 Å². The highest BCUT2D eigenvalue weighted by atomic mass is 32.2. The van der Waals surface area contributed by atoms with Gasteiger partial charge in [-0.3, -0.25) is 4.90 Å². The number of sulfonamides is 1. The Bertz CT molecular complexity index is 1110. The van der Waals surface area contributed by atoms with Gasteiger partial charge in [0, 0.05) is 38.1 Å². The molecule has 0 unspecified atom stereocenters. The van der Waals surface area contributed by atoms with E-state index in [-0.39, 0.29) is 34.3 Å². The molecule has 2 heterocycles. The first-order valence-electron chi connectivity index (χ1n) is 10.0. The molecule has 6 nitrogen and oxygen atoms in total. The van der Waals surface area contributed by atoms with Crippen molar-refractivity contribution in [2.24, 2.45) is 5.92 Å². The van der Waals surface area contributed by atoms with Crippen LogP contribution in [-0.4, -0.2) is 50.8 Å². The van der Waals surface area contributed by atoms with E-state index in [1.807, 2.05) is 18.7 Å². The Morgan fingerprint density at radius 3 is 2.44 bits per heavy atom. The summed E-state index contributed by atoms with van der Waals surface area (Å²) in [5, 5.41) is 0. The fourth-order valence-corrected chi connectivity index (χ4v) is 7.22. The van der Waals surface area contributed by atoms with Crippen molar-refractivity contribution in [2.75, 3.05) is 27.2 Å². The molecule has 0 saturated heterocycles. The number of methoxy groups -OCH3 is 1. The maximum atomic E-state index is 13.6. The third-order valence-corrected chi connectivity index (χ3v) is 8.75. The minimum Gasteiger partial charge on any atom is -0.465 e. The second kappa shape index (κ2) is 9.50. The summed E-state index contributed by atoms with van der Waals surface area (Å²) >= 11 is 1.01. The number of halogens is 3. The third-order valence-electron chi connectivity index (χ3n) is 5.21. The number of esters is 1. The van der Waals surface area contributed by atoms with E-state index < -0.39 is 33.4 Å². The molecule has 1 aromatic heterocycles. The molecule has 11 heteroatoms. The summed E-state index contributed by atoms with van der Waals surface area (Å²) in [6.07, 6.45) is 0.367. The number of rotatable bonds is 7. The first-order chi connectivity index (χ1) is 14.9. The number of nitrogens with zero attached hydrogens (tertiary/aromatic N) is 2. The quantitative estimate of drug-likeness (QED) is 0.437. The van der Waals surface area contributed by atoms with E-state index in [4.69, 9.17) is 4.74 Å². The zero-order valence-electron chi connectivity index (χ0n) is 18.2. The summed E-state index contributed by atoms with van der Waals surface area (Å²) in [6.45, 7) is 4.94. The Hall–Kier alpha value is -1.95. The van der Waals surface area contributed by atoms with E-state index in [9.17, 15) is 26.4 Å². The average Bonchev–Trinajstić information content (AvgIpc) is 3.10. The number of hydrogen-bond acceptors (Lipinski definition) is 6. The lowest BCUT2D eigenvalue weighted by molar-refractivity contribution is 0.0595. The third kappa shape index (κ3) is 4.85. The SMILES string of the molecule is COC(=O)c1c(S(=O)(=O)N(C)CC(C)C)sc2c1CCN(Cc1cc(F)c(F)c(F)c1)C2. The summed E-state index contributed by atoms with van der Waals surface area (Å²) in [5.74, 6) is -4.66. The van der Waals surface area contributed by atoms with Gasteiger partial charge in [0.25, 0.3) is 10.0 Å². The molecular formula is C21H25F3N2O4S2. The summed E-state index contributed by atoms with van der Waals surface area (Å²) in [4.78, 5) is 15.0. The number of carbonyl (C=O) groups is 1. The number of ether oxygens (including phenoxy) is 1. The van der Waals surface area contributed by atoms with Crippen LogP contribution < -0.4 is 0 Å². The van der Waals surface area contributed by atoms with Crippen LogP contribution in [0, 0.1) is 23.4 Å². The Morgan fingerprint density at radius 1 is 1.25 bits per heavy atom. The molecule has 1 aliphatic rings. The van der Waals surface area contributed by atoms with E-state index in [0.717, 1.165) is 23.5 Å². The number of benzene rings is 1. The van der Waals surface area contributed by atoms with Gasteiger partial charge >= 0.3 is 5.97 Å². The van der Waals surface area contributed by atoms with Crippen molar-refractivity contribution in [3.63, 3.8) is 0 Å². The monoisotopic (exact) mass is 490 g/mol.